The molecule has 0 atom stereocenters. The Morgan fingerprint density at radius 1 is 1.13 bits per heavy atom. The molecule has 3 nitrogen and oxygen atoms in total. The van der Waals surface area contributed by atoms with Crippen LogP contribution in [0, 0.1) is 0 Å². The summed E-state index contributed by atoms with van der Waals surface area (Å²) in [6.45, 7) is 14.9. The van der Waals surface area contributed by atoms with Crippen LogP contribution in [-0.2, 0) is 4.74 Å². The Kier molecular flexibility index (Phi) is 10.3. The van der Waals surface area contributed by atoms with Crippen LogP contribution in [0.2, 0.25) is 0 Å². The van der Waals surface area contributed by atoms with Crippen molar-refractivity contribution in [1.82, 2.24) is 10.2 Å². The third kappa shape index (κ3) is 10.2. The molecular weight excluding hydrogens is 188 g/mol. The summed E-state index contributed by atoms with van der Waals surface area (Å²) in [5.74, 6) is 0. The Bertz CT molecular complexity index is 129. The molecule has 0 saturated carbocycles. The predicted molar refractivity (Wildman–Crippen MR) is 66.4 cm³/mol. The monoisotopic (exact) mass is 216 g/mol. The molecule has 0 heterocycles. The number of hydrogen-bond donors (Lipinski definition) is 1. The van der Waals surface area contributed by atoms with Crippen LogP contribution in [-0.4, -0.2) is 50.3 Å². The van der Waals surface area contributed by atoms with Crippen molar-refractivity contribution < 1.29 is 4.74 Å². The van der Waals surface area contributed by atoms with Crippen LogP contribution < -0.4 is 5.32 Å². The van der Waals surface area contributed by atoms with Gasteiger partial charge in [-0.3, -0.25) is 4.90 Å². The SMILES string of the molecule is CCCN(CCNCC)CCOC(C)C. The van der Waals surface area contributed by atoms with E-state index in [-0.39, 0.29) is 0 Å². The Morgan fingerprint density at radius 3 is 2.40 bits per heavy atom. The molecule has 0 aliphatic heterocycles. The summed E-state index contributed by atoms with van der Waals surface area (Å²) < 4.78 is 5.56. The minimum atomic E-state index is 0.349. The first-order chi connectivity index (χ1) is 7.20. The van der Waals surface area contributed by atoms with Gasteiger partial charge in [-0.1, -0.05) is 13.8 Å². The van der Waals surface area contributed by atoms with Gasteiger partial charge in [0.15, 0.2) is 0 Å². The molecule has 0 bridgehead atoms. The molecule has 0 aliphatic carbocycles. The molecule has 0 unspecified atom stereocenters. The quantitative estimate of drug-likeness (QED) is 0.563. The van der Waals surface area contributed by atoms with E-state index in [0.717, 1.165) is 32.8 Å². The second-order valence-corrected chi connectivity index (χ2v) is 4.11. The summed E-state index contributed by atoms with van der Waals surface area (Å²) in [6, 6.07) is 0. The maximum Gasteiger partial charge on any atom is 0.0596 e. The molecule has 0 amide bonds. The first-order valence-corrected chi connectivity index (χ1v) is 6.25. The molecule has 0 radical (unpaired) electrons. The van der Waals surface area contributed by atoms with Crippen LogP contribution in [0.25, 0.3) is 0 Å². The summed E-state index contributed by atoms with van der Waals surface area (Å²) in [4.78, 5) is 2.46. The van der Waals surface area contributed by atoms with Gasteiger partial charge in [-0.25, -0.2) is 0 Å². The molecule has 0 fully saturated rings. The molecule has 0 rings (SSSR count). The number of hydrogen-bond acceptors (Lipinski definition) is 3. The van der Waals surface area contributed by atoms with Crippen molar-refractivity contribution >= 4 is 0 Å². The number of nitrogens with zero attached hydrogens (tertiary/aromatic N) is 1. The van der Waals surface area contributed by atoms with Crippen LogP contribution in [0.4, 0.5) is 0 Å². The Labute approximate surface area is 95.2 Å². The zero-order valence-electron chi connectivity index (χ0n) is 10.9. The second-order valence-electron chi connectivity index (χ2n) is 4.11. The smallest absolute Gasteiger partial charge is 0.0596 e. The zero-order chi connectivity index (χ0) is 11.5. The van der Waals surface area contributed by atoms with Crippen LogP contribution in [0.15, 0.2) is 0 Å². The van der Waals surface area contributed by atoms with Gasteiger partial charge in [-0.05, 0) is 33.4 Å². The van der Waals surface area contributed by atoms with E-state index in [0.29, 0.717) is 6.10 Å². The first-order valence-electron chi connectivity index (χ1n) is 6.25. The number of rotatable bonds is 10. The molecular formula is C12H28N2O. The van der Waals surface area contributed by atoms with E-state index in [1.807, 2.05) is 0 Å². The van der Waals surface area contributed by atoms with Gasteiger partial charge in [0.1, 0.15) is 0 Å². The fourth-order valence-corrected chi connectivity index (χ4v) is 1.48. The van der Waals surface area contributed by atoms with Crippen LogP contribution in [0.1, 0.15) is 34.1 Å². The van der Waals surface area contributed by atoms with Crippen molar-refractivity contribution in [2.24, 2.45) is 0 Å². The lowest BCUT2D eigenvalue weighted by atomic mass is 10.4. The summed E-state index contributed by atoms with van der Waals surface area (Å²) in [5, 5.41) is 3.35. The predicted octanol–water partition coefficient (Wildman–Crippen LogP) is 1.73. The summed E-state index contributed by atoms with van der Waals surface area (Å²) in [7, 11) is 0. The Morgan fingerprint density at radius 2 is 1.87 bits per heavy atom. The maximum atomic E-state index is 5.56. The summed E-state index contributed by atoms with van der Waals surface area (Å²) in [5.41, 5.74) is 0. The molecule has 92 valence electrons. The standard InChI is InChI=1S/C12H28N2O/c1-5-8-14(9-7-13-6-2)10-11-15-12(3)4/h12-13H,5-11H2,1-4H3. The lowest BCUT2D eigenvalue weighted by Crippen LogP contribution is -2.35. The van der Waals surface area contributed by atoms with Gasteiger partial charge in [0.25, 0.3) is 0 Å². The highest BCUT2D eigenvalue weighted by Gasteiger charge is 2.03. The molecule has 0 aliphatic rings. The molecule has 0 spiro atoms. The fraction of sp³-hybridized carbons (Fsp3) is 1.00. The third-order valence-corrected chi connectivity index (χ3v) is 2.25. The van der Waals surface area contributed by atoms with E-state index in [2.05, 4.69) is 37.9 Å². The average Bonchev–Trinajstić information content (AvgIpc) is 2.17. The maximum absolute atomic E-state index is 5.56. The van der Waals surface area contributed by atoms with Crippen molar-refractivity contribution in [3.63, 3.8) is 0 Å². The van der Waals surface area contributed by atoms with E-state index in [1.54, 1.807) is 0 Å². The number of likely N-dealkylation sites (N-methyl/N-ethyl adjacent to an activating group) is 1. The number of ether oxygens (including phenoxy) is 1. The van der Waals surface area contributed by atoms with E-state index in [9.17, 15) is 0 Å². The van der Waals surface area contributed by atoms with E-state index < -0.39 is 0 Å². The minimum Gasteiger partial charge on any atom is -0.377 e. The minimum absolute atomic E-state index is 0.349. The molecule has 0 aromatic rings. The van der Waals surface area contributed by atoms with Crippen molar-refractivity contribution in [2.75, 3.05) is 39.3 Å². The highest BCUT2D eigenvalue weighted by molar-refractivity contribution is 4.58. The summed E-state index contributed by atoms with van der Waals surface area (Å²) in [6.07, 6.45) is 1.57. The van der Waals surface area contributed by atoms with Crippen LogP contribution in [0.5, 0.6) is 0 Å². The molecule has 0 aromatic heterocycles. The third-order valence-electron chi connectivity index (χ3n) is 2.25. The van der Waals surface area contributed by atoms with Gasteiger partial charge in [0.05, 0.1) is 12.7 Å². The van der Waals surface area contributed by atoms with Crippen molar-refractivity contribution in [1.29, 1.82) is 0 Å². The Balaban J connectivity index is 3.53. The second kappa shape index (κ2) is 10.4. The molecule has 0 aromatic carbocycles. The lowest BCUT2D eigenvalue weighted by Gasteiger charge is -2.22. The first kappa shape index (κ1) is 14.9. The highest BCUT2D eigenvalue weighted by Crippen LogP contribution is 1.93. The van der Waals surface area contributed by atoms with Gasteiger partial charge in [0, 0.05) is 19.6 Å². The van der Waals surface area contributed by atoms with Gasteiger partial charge in [0.2, 0.25) is 0 Å². The molecule has 15 heavy (non-hydrogen) atoms. The highest BCUT2D eigenvalue weighted by atomic mass is 16.5. The lowest BCUT2D eigenvalue weighted by molar-refractivity contribution is 0.0592. The average molecular weight is 216 g/mol. The number of nitrogens with one attached hydrogen (secondary N) is 1. The van der Waals surface area contributed by atoms with Crippen LogP contribution >= 0.6 is 0 Å². The van der Waals surface area contributed by atoms with E-state index in [1.165, 1.54) is 13.0 Å². The largest absolute Gasteiger partial charge is 0.377 e. The molecule has 1 N–H and O–H groups in total. The van der Waals surface area contributed by atoms with E-state index >= 15 is 0 Å². The van der Waals surface area contributed by atoms with Gasteiger partial charge < -0.3 is 10.1 Å². The van der Waals surface area contributed by atoms with Crippen LogP contribution in [0.3, 0.4) is 0 Å². The van der Waals surface area contributed by atoms with E-state index in [4.69, 9.17) is 4.74 Å². The fourth-order valence-electron chi connectivity index (χ4n) is 1.48. The normalized spacial score (nSPS) is 11.6. The van der Waals surface area contributed by atoms with Gasteiger partial charge in [-0.2, -0.15) is 0 Å². The van der Waals surface area contributed by atoms with Crippen molar-refractivity contribution in [3.05, 3.63) is 0 Å². The van der Waals surface area contributed by atoms with Gasteiger partial charge in [-0.15, -0.1) is 0 Å². The zero-order valence-corrected chi connectivity index (χ0v) is 10.9. The van der Waals surface area contributed by atoms with Gasteiger partial charge >= 0.3 is 0 Å². The topological polar surface area (TPSA) is 24.5 Å². The van der Waals surface area contributed by atoms with Crippen molar-refractivity contribution in [3.8, 4) is 0 Å². The summed E-state index contributed by atoms with van der Waals surface area (Å²) >= 11 is 0. The molecule has 0 saturated heterocycles. The Hall–Kier alpha value is -0.120. The van der Waals surface area contributed by atoms with Crippen molar-refractivity contribution in [2.45, 2.75) is 40.2 Å². The molecule has 3 heteroatoms.